The Morgan fingerprint density at radius 2 is 1.96 bits per heavy atom. The van der Waals surface area contributed by atoms with Crippen molar-refractivity contribution in [2.24, 2.45) is 0 Å². The maximum absolute atomic E-state index is 11.7. The lowest BCUT2D eigenvalue weighted by atomic mass is 10.2. The number of carbonyl (C=O) groups is 1. The van der Waals surface area contributed by atoms with Gasteiger partial charge in [-0.15, -0.1) is 0 Å². The molecule has 0 amide bonds. The SMILES string of the molecule is COC(=O)c1cccc(Nc2ncnc(-n3c(Cl)nc4ccccc43)n2)c1. The third-order valence-electron chi connectivity index (χ3n) is 3.82. The molecule has 2 heterocycles. The fourth-order valence-electron chi connectivity index (χ4n) is 2.61. The van der Waals surface area contributed by atoms with Crippen LogP contribution in [0.15, 0.2) is 54.9 Å². The minimum Gasteiger partial charge on any atom is -0.465 e. The summed E-state index contributed by atoms with van der Waals surface area (Å²) in [5.41, 5.74) is 2.58. The zero-order chi connectivity index (χ0) is 18.8. The summed E-state index contributed by atoms with van der Waals surface area (Å²) in [5.74, 6) is 0.206. The zero-order valence-corrected chi connectivity index (χ0v) is 14.9. The van der Waals surface area contributed by atoms with Gasteiger partial charge in [0, 0.05) is 5.69 Å². The van der Waals surface area contributed by atoms with Crippen LogP contribution < -0.4 is 5.32 Å². The number of ether oxygens (including phenoxy) is 1. The summed E-state index contributed by atoms with van der Waals surface area (Å²) in [4.78, 5) is 28.7. The first kappa shape index (κ1) is 16.9. The van der Waals surface area contributed by atoms with E-state index in [0.29, 0.717) is 23.1 Å². The van der Waals surface area contributed by atoms with E-state index in [1.54, 1.807) is 28.8 Å². The zero-order valence-electron chi connectivity index (χ0n) is 14.1. The molecular weight excluding hydrogens is 368 g/mol. The van der Waals surface area contributed by atoms with Gasteiger partial charge in [0.2, 0.25) is 17.2 Å². The van der Waals surface area contributed by atoms with Crippen LogP contribution in [-0.2, 0) is 4.74 Å². The van der Waals surface area contributed by atoms with Crippen molar-refractivity contribution >= 4 is 40.2 Å². The molecule has 4 aromatic rings. The van der Waals surface area contributed by atoms with Gasteiger partial charge in [0.05, 0.1) is 23.7 Å². The van der Waals surface area contributed by atoms with E-state index in [1.165, 1.54) is 13.4 Å². The van der Waals surface area contributed by atoms with Gasteiger partial charge in [0.1, 0.15) is 6.33 Å². The molecule has 9 heteroatoms. The number of para-hydroxylation sites is 2. The van der Waals surface area contributed by atoms with Crippen LogP contribution in [0.4, 0.5) is 11.6 Å². The summed E-state index contributed by atoms with van der Waals surface area (Å²) in [6, 6.07) is 14.3. The molecule has 0 unspecified atom stereocenters. The molecule has 0 fully saturated rings. The smallest absolute Gasteiger partial charge is 0.337 e. The number of hydrogen-bond donors (Lipinski definition) is 1. The molecule has 0 aliphatic rings. The number of rotatable bonds is 4. The van der Waals surface area contributed by atoms with Gasteiger partial charge in [0.25, 0.3) is 0 Å². The highest BCUT2D eigenvalue weighted by Gasteiger charge is 2.13. The first-order chi connectivity index (χ1) is 13.2. The van der Waals surface area contributed by atoms with Crippen LogP contribution in [0.25, 0.3) is 17.0 Å². The highest BCUT2D eigenvalue weighted by Crippen LogP contribution is 2.23. The van der Waals surface area contributed by atoms with Gasteiger partial charge in [0.15, 0.2) is 0 Å². The minimum atomic E-state index is -0.424. The Morgan fingerprint density at radius 1 is 1.11 bits per heavy atom. The number of aromatic nitrogens is 5. The molecule has 0 saturated heterocycles. The first-order valence-corrected chi connectivity index (χ1v) is 8.31. The highest BCUT2D eigenvalue weighted by molar-refractivity contribution is 6.29. The first-order valence-electron chi connectivity index (χ1n) is 7.93. The summed E-state index contributed by atoms with van der Waals surface area (Å²) in [6.45, 7) is 0. The number of halogens is 1. The van der Waals surface area contributed by atoms with Gasteiger partial charge in [-0.2, -0.15) is 4.98 Å². The molecule has 0 aliphatic carbocycles. The third-order valence-corrected chi connectivity index (χ3v) is 4.07. The number of esters is 1. The van der Waals surface area contributed by atoms with Crippen molar-refractivity contribution in [1.29, 1.82) is 0 Å². The Bertz CT molecular complexity index is 1140. The second kappa shape index (κ2) is 7.00. The van der Waals surface area contributed by atoms with E-state index in [2.05, 4.69) is 25.3 Å². The van der Waals surface area contributed by atoms with Crippen molar-refractivity contribution in [3.8, 4) is 5.95 Å². The molecule has 2 aromatic heterocycles. The number of nitrogens with one attached hydrogen (secondary N) is 1. The lowest BCUT2D eigenvalue weighted by Gasteiger charge is -2.08. The molecule has 0 spiro atoms. The summed E-state index contributed by atoms with van der Waals surface area (Å²) < 4.78 is 6.36. The van der Waals surface area contributed by atoms with E-state index in [9.17, 15) is 4.79 Å². The molecule has 8 nitrogen and oxygen atoms in total. The fourth-order valence-corrected chi connectivity index (χ4v) is 2.87. The van der Waals surface area contributed by atoms with Crippen LogP contribution in [0.5, 0.6) is 0 Å². The quantitative estimate of drug-likeness (QED) is 0.542. The van der Waals surface area contributed by atoms with Crippen molar-refractivity contribution in [2.75, 3.05) is 12.4 Å². The fraction of sp³-hybridized carbons (Fsp3) is 0.0556. The number of benzene rings is 2. The van der Waals surface area contributed by atoms with Gasteiger partial charge in [-0.05, 0) is 41.9 Å². The Morgan fingerprint density at radius 3 is 2.81 bits per heavy atom. The number of anilines is 2. The second-order valence-corrected chi connectivity index (χ2v) is 5.85. The summed E-state index contributed by atoms with van der Waals surface area (Å²) in [5, 5.41) is 3.30. The van der Waals surface area contributed by atoms with Crippen LogP contribution in [0, 0.1) is 0 Å². The lowest BCUT2D eigenvalue weighted by Crippen LogP contribution is -2.06. The van der Waals surface area contributed by atoms with E-state index in [-0.39, 0.29) is 5.28 Å². The average molecular weight is 381 g/mol. The largest absolute Gasteiger partial charge is 0.465 e. The van der Waals surface area contributed by atoms with Gasteiger partial charge < -0.3 is 10.1 Å². The number of hydrogen-bond acceptors (Lipinski definition) is 7. The predicted molar refractivity (Wildman–Crippen MR) is 101 cm³/mol. The standard InChI is InChI=1S/C18H13ClN6O2/c1-27-15(26)11-5-4-6-12(9-11)22-17-20-10-21-18(24-17)25-14-8-3-2-7-13(14)23-16(25)19/h2-10H,1H3,(H,20,21,22,24). The van der Waals surface area contributed by atoms with Crippen molar-refractivity contribution in [3.05, 3.63) is 65.7 Å². The maximum atomic E-state index is 11.7. The molecular formula is C18H13ClN6O2. The van der Waals surface area contributed by atoms with Crippen LogP contribution in [0.2, 0.25) is 5.28 Å². The summed E-state index contributed by atoms with van der Waals surface area (Å²) in [7, 11) is 1.33. The van der Waals surface area contributed by atoms with Crippen molar-refractivity contribution < 1.29 is 9.53 Å². The Kier molecular flexibility index (Phi) is 4.39. The molecule has 0 radical (unpaired) electrons. The highest BCUT2D eigenvalue weighted by atomic mass is 35.5. The van der Waals surface area contributed by atoms with Crippen molar-refractivity contribution in [2.45, 2.75) is 0 Å². The number of nitrogens with zero attached hydrogens (tertiary/aromatic N) is 5. The van der Waals surface area contributed by atoms with Crippen LogP contribution in [-0.4, -0.2) is 37.6 Å². The van der Waals surface area contributed by atoms with E-state index in [1.807, 2.05) is 24.3 Å². The third kappa shape index (κ3) is 3.30. The number of methoxy groups -OCH3 is 1. The van der Waals surface area contributed by atoms with Crippen LogP contribution >= 0.6 is 11.6 Å². The van der Waals surface area contributed by atoms with E-state index >= 15 is 0 Å². The number of imidazole rings is 1. The molecule has 0 aliphatic heterocycles. The number of fused-ring (bicyclic) bond motifs is 1. The molecule has 1 N–H and O–H groups in total. The van der Waals surface area contributed by atoms with Crippen molar-refractivity contribution in [3.63, 3.8) is 0 Å². The normalized spacial score (nSPS) is 10.7. The maximum Gasteiger partial charge on any atom is 0.337 e. The molecule has 0 saturated carbocycles. The van der Waals surface area contributed by atoms with Crippen LogP contribution in [0.1, 0.15) is 10.4 Å². The molecule has 2 aromatic carbocycles. The van der Waals surface area contributed by atoms with Crippen molar-refractivity contribution in [1.82, 2.24) is 24.5 Å². The molecule has 0 bridgehead atoms. The van der Waals surface area contributed by atoms with Crippen LogP contribution in [0.3, 0.4) is 0 Å². The van der Waals surface area contributed by atoms with E-state index in [0.717, 1.165) is 11.0 Å². The van der Waals surface area contributed by atoms with E-state index in [4.69, 9.17) is 16.3 Å². The van der Waals surface area contributed by atoms with Gasteiger partial charge >= 0.3 is 5.97 Å². The molecule has 27 heavy (non-hydrogen) atoms. The number of carbonyl (C=O) groups excluding carboxylic acids is 1. The van der Waals surface area contributed by atoms with Gasteiger partial charge in [-0.1, -0.05) is 18.2 Å². The monoisotopic (exact) mass is 380 g/mol. The molecule has 4 rings (SSSR count). The lowest BCUT2D eigenvalue weighted by molar-refractivity contribution is 0.0601. The predicted octanol–water partition coefficient (Wildman–Crippen LogP) is 3.39. The summed E-state index contributed by atoms with van der Waals surface area (Å²) in [6.07, 6.45) is 1.37. The Balaban J connectivity index is 1.69. The van der Waals surface area contributed by atoms with Gasteiger partial charge in [-0.25, -0.2) is 19.7 Å². The van der Waals surface area contributed by atoms with Gasteiger partial charge in [-0.3, -0.25) is 4.57 Å². The molecule has 134 valence electrons. The minimum absolute atomic E-state index is 0.251. The Hall–Kier alpha value is -3.52. The topological polar surface area (TPSA) is 94.8 Å². The summed E-state index contributed by atoms with van der Waals surface area (Å²) >= 11 is 6.27. The molecule has 0 atom stereocenters. The second-order valence-electron chi connectivity index (χ2n) is 5.51. The Labute approximate surface area is 158 Å². The van der Waals surface area contributed by atoms with E-state index < -0.39 is 5.97 Å². The average Bonchev–Trinajstić information content (AvgIpc) is 3.03.